The lowest BCUT2D eigenvalue weighted by Crippen LogP contribution is -2.37. The summed E-state index contributed by atoms with van der Waals surface area (Å²) in [6.45, 7) is 46.4. The first-order valence-corrected chi connectivity index (χ1v) is 27.9. The van der Waals surface area contributed by atoms with Crippen LogP contribution in [0.2, 0.25) is 0 Å². The fraction of sp³-hybridized carbons (Fsp3) is 0.514. The van der Waals surface area contributed by atoms with Gasteiger partial charge in [0, 0.05) is 29.8 Å². The van der Waals surface area contributed by atoms with Crippen LogP contribution in [0.25, 0.3) is 0 Å². The maximum atomic E-state index is 4.28. The van der Waals surface area contributed by atoms with E-state index in [4.69, 9.17) is 0 Å². The summed E-state index contributed by atoms with van der Waals surface area (Å²) in [7, 11) is 0. The van der Waals surface area contributed by atoms with Crippen LogP contribution in [0, 0.1) is 40.5 Å². The molecule has 0 amide bonds. The van der Waals surface area contributed by atoms with Crippen molar-refractivity contribution in [1.29, 1.82) is 0 Å². The van der Waals surface area contributed by atoms with Gasteiger partial charge in [0.2, 0.25) is 0 Å². The van der Waals surface area contributed by atoms with Crippen molar-refractivity contribution in [1.82, 2.24) is 14.9 Å². The van der Waals surface area contributed by atoms with Crippen molar-refractivity contribution in [2.24, 2.45) is 5.92 Å². The molecule has 2 aliphatic rings. The van der Waals surface area contributed by atoms with Gasteiger partial charge in [-0.15, -0.1) is 0 Å². The van der Waals surface area contributed by atoms with Crippen molar-refractivity contribution in [2.45, 2.75) is 219 Å². The van der Waals surface area contributed by atoms with E-state index in [1.807, 2.05) is 19.3 Å². The molecule has 1 saturated carbocycles. The Bertz CT molecular complexity index is 1940. The summed E-state index contributed by atoms with van der Waals surface area (Å²) < 4.78 is 0. The van der Waals surface area contributed by atoms with E-state index in [9.17, 15) is 0 Å². The molecular weight excluding hydrogens is 883 g/mol. The molecule has 3 nitrogen and oxygen atoms in total. The molecule has 6 aromatic rings. The molecule has 2 aromatic heterocycles. The maximum absolute atomic E-state index is 4.28. The molecule has 0 atom stereocenters. The lowest BCUT2D eigenvalue weighted by Gasteiger charge is -2.33. The Balaban J connectivity index is 0.000000425. The number of hydrogen-bond acceptors (Lipinski definition) is 3. The van der Waals surface area contributed by atoms with Gasteiger partial charge in [-0.05, 0) is 186 Å². The fourth-order valence-electron chi connectivity index (χ4n) is 7.61. The Morgan fingerprint density at radius 3 is 0.986 bits per heavy atom. The van der Waals surface area contributed by atoms with E-state index in [2.05, 4.69) is 268 Å². The number of benzene rings is 4. The molecule has 73 heavy (non-hydrogen) atoms. The van der Waals surface area contributed by atoms with Crippen molar-refractivity contribution in [2.75, 3.05) is 13.1 Å². The topological polar surface area (TPSA) is 29.0 Å². The van der Waals surface area contributed by atoms with E-state index in [1.54, 1.807) is 5.56 Å². The zero-order valence-electron chi connectivity index (χ0n) is 49.5. The van der Waals surface area contributed by atoms with Crippen LogP contribution in [-0.4, -0.2) is 34.0 Å². The second-order valence-corrected chi connectivity index (χ2v) is 22.9. The minimum atomic E-state index is 0. The number of rotatable bonds is 8. The highest BCUT2D eigenvalue weighted by molar-refractivity contribution is 5.30. The van der Waals surface area contributed by atoms with Crippen LogP contribution in [-0.2, 0) is 0 Å². The number of aromatic nitrogens is 2. The molecule has 1 saturated heterocycles. The first-order chi connectivity index (χ1) is 34.0. The second-order valence-electron chi connectivity index (χ2n) is 22.9. The monoisotopic (exact) mass is 990 g/mol. The predicted molar refractivity (Wildman–Crippen MR) is 326 cm³/mol. The number of pyridine rings is 2. The van der Waals surface area contributed by atoms with Crippen LogP contribution in [0.3, 0.4) is 0 Å². The van der Waals surface area contributed by atoms with Crippen LogP contribution >= 0.6 is 0 Å². The molecule has 3 heterocycles. The summed E-state index contributed by atoms with van der Waals surface area (Å²) in [4.78, 5) is 11.0. The lowest BCUT2D eigenvalue weighted by molar-refractivity contribution is 0.156. The Morgan fingerprint density at radius 1 is 0.370 bits per heavy atom. The highest BCUT2D eigenvalue weighted by Gasteiger charge is 2.23. The second kappa shape index (κ2) is 35.4. The van der Waals surface area contributed by atoms with Gasteiger partial charge in [-0.3, -0.25) is 9.97 Å². The van der Waals surface area contributed by atoms with E-state index in [1.165, 1.54) is 94.5 Å². The summed E-state index contributed by atoms with van der Waals surface area (Å²) in [6.07, 6.45) is 9.47. The number of nitrogens with zero attached hydrogens (tertiary/aromatic N) is 3. The largest absolute Gasteiger partial charge is 0.301 e. The molecule has 1 aliphatic heterocycles. The van der Waals surface area contributed by atoms with E-state index in [0.29, 0.717) is 35.5 Å². The van der Waals surface area contributed by atoms with Crippen LogP contribution in [0.1, 0.15) is 245 Å². The quantitative estimate of drug-likeness (QED) is 0.152. The van der Waals surface area contributed by atoms with Gasteiger partial charge >= 0.3 is 0 Å². The summed E-state index contributed by atoms with van der Waals surface area (Å²) in [5, 5.41) is 0. The number of aryl methyl sites for hydroxylation is 5. The van der Waals surface area contributed by atoms with Crippen molar-refractivity contribution < 1.29 is 0 Å². The maximum Gasteiger partial charge on any atom is 0.0429 e. The van der Waals surface area contributed by atoms with Gasteiger partial charge in [0.1, 0.15) is 0 Å². The normalized spacial score (nSPS) is 13.2. The van der Waals surface area contributed by atoms with Crippen LogP contribution in [0.15, 0.2) is 134 Å². The van der Waals surface area contributed by atoms with Crippen LogP contribution < -0.4 is 0 Å². The Labute approximate surface area is 451 Å². The molecule has 0 radical (unpaired) electrons. The van der Waals surface area contributed by atoms with Crippen LogP contribution in [0.4, 0.5) is 0 Å². The minimum Gasteiger partial charge on any atom is -0.301 e. The van der Waals surface area contributed by atoms with E-state index >= 15 is 0 Å². The summed E-state index contributed by atoms with van der Waals surface area (Å²) in [5.74, 6) is 5.62. The third kappa shape index (κ3) is 28.4. The molecule has 0 bridgehead atoms. The van der Waals surface area contributed by atoms with Gasteiger partial charge < -0.3 is 4.90 Å². The first kappa shape index (κ1) is 66.2. The average Bonchev–Trinajstić information content (AvgIpc) is 4.20. The number of piperidine rings is 1. The minimum absolute atomic E-state index is 0. The Morgan fingerprint density at radius 2 is 0.712 bits per heavy atom. The number of hydrogen-bond donors (Lipinski definition) is 0. The molecule has 3 heteroatoms. The van der Waals surface area contributed by atoms with Crippen molar-refractivity contribution in [3.8, 4) is 0 Å². The van der Waals surface area contributed by atoms with Gasteiger partial charge in [0.05, 0.1) is 0 Å². The zero-order chi connectivity index (χ0) is 53.9. The molecule has 4 aromatic carbocycles. The Kier molecular flexibility index (Phi) is 32.0. The third-order valence-corrected chi connectivity index (χ3v) is 13.6. The lowest BCUT2D eigenvalue weighted by atomic mass is 9.98. The summed E-state index contributed by atoms with van der Waals surface area (Å²) in [6, 6.07) is 44.4. The molecule has 2 fully saturated rings. The molecule has 0 N–H and O–H groups in total. The molecular formula is C70H107N3. The summed E-state index contributed by atoms with van der Waals surface area (Å²) in [5.41, 5.74) is 16.1. The van der Waals surface area contributed by atoms with Gasteiger partial charge in [0.15, 0.2) is 0 Å². The van der Waals surface area contributed by atoms with Gasteiger partial charge in [-0.1, -0.05) is 223 Å². The van der Waals surface area contributed by atoms with Crippen molar-refractivity contribution >= 4 is 0 Å². The van der Waals surface area contributed by atoms with Gasteiger partial charge in [-0.25, -0.2) is 0 Å². The van der Waals surface area contributed by atoms with Gasteiger partial charge in [-0.2, -0.15) is 0 Å². The molecule has 0 unspecified atom stereocenters. The number of likely N-dealkylation sites (tertiary alicyclic amines) is 1. The summed E-state index contributed by atoms with van der Waals surface area (Å²) >= 11 is 0. The molecule has 402 valence electrons. The fourth-order valence-corrected chi connectivity index (χ4v) is 7.61. The van der Waals surface area contributed by atoms with Gasteiger partial charge in [0.25, 0.3) is 0 Å². The van der Waals surface area contributed by atoms with E-state index in [-0.39, 0.29) is 7.43 Å². The van der Waals surface area contributed by atoms with E-state index < -0.39 is 0 Å². The van der Waals surface area contributed by atoms with E-state index in [0.717, 1.165) is 23.6 Å². The first-order valence-electron chi connectivity index (χ1n) is 27.9. The molecule has 0 spiro atoms. The zero-order valence-corrected chi connectivity index (χ0v) is 49.5. The molecule has 1 aliphatic carbocycles. The van der Waals surface area contributed by atoms with Crippen molar-refractivity contribution in [3.63, 3.8) is 0 Å². The standard InChI is InChI=1S/C12H16.3C10H14.C9H19N.2C9H13N.CH4/c1-9(2)10-3-5-11(6-4-10)12-7-8-12;4*1-8(2)10-6-4-9(3)5-7-10;1-7(2)9-5-4-8(3)10-6-9;1-7(2)9-5-4-8(3)6-10-9;/h3-6,9,12H,7-8H2,1-2H3;3*4-8H,1-3H3;8-9H,4-7H2,1-3H3;2*4-7H,1-3H3;1H4. The average molecular weight is 991 g/mol. The smallest absolute Gasteiger partial charge is 0.0429 e. The van der Waals surface area contributed by atoms with Crippen LogP contribution in [0.5, 0.6) is 0 Å². The Hall–Kier alpha value is -4.86. The molecule has 8 rings (SSSR count). The SMILES string of the molecule is C.CC(C)c1ccc(C2CC2)cc1.CC1CCN(C(C)C)CC1.Cc1ccc(C(C)C)cc1.Cc1ccc(C(C)C)cc1.Cc1ccc(C(C)C)cc1.Cc1ccc(C(C)C)cn1.Cc1ccc(C(C)C)nc1. The highest BCUT2D eigenvalue weighted by Crippen LogP contribution is 2.40. The highest BCUT2D eigenvalue weighted by atomic mass is 15.1. The third-order valence-electron chi connectivity index (χ3n) is 13.6. The van der Waals surface area contributed by atoms with Crippen molar-refractivity contribution in [3.05, 3.63) is 201 Å². The predicted octanol–water partition coefficient (Wildman–Crippen LogP) is 20.8.